The molecule has 0 aromatic heterocycles. The van der Waals surface area contributed by atoms with Gasteiger partial charge in [-0.1, -0.05) is 68.9 Å². The number of aliphatic hydroxyl groups excluding tert-OH is 7. The summed E-state index contributed by atoms with van der Waals surface area (Å²) >= 11 is 0. The molecule has 9 amide bonds. The first-order valence-corrected chi connectivity index (χ1v) is 43.2. The quantitative estimate of drug-likeness (QED) is 0.0231. The van der Waals surface area contributed by atoms with Gasteiger partial charge in [0.05, 0.1) is 196 Å². The lowest BCUT2D eigenvalue weighted by Crippen LogP contribution is -2.64. The second-order valence-electron chi connectivity index (χ2n) is 30.4. The minimum Gasteiger partial charge on any atom is -0.445 e. The van der Waals surface area contributed by atoms with Crippen molar-refractivity contribution in [3.05, 3.63) is 35.9 Å². The number of nitrogens with one attached hydrogen (secondary N) is 9. The molecule has 16 N–H and O–H groups in total. The number of ether oxygens (including phenoxy) is 18. The molecule has 125 heavy (non-hydrogen) atoms. The standard InChI is InChI=1S/C82H143N9O34/c1-58(95)88-72-64(98)49-62(51-92)123-77(72)117-46-43-111-40-37-108-32-24-83-68(101)21-29-114-55-82(56-115-30-22-69(102)84-25-33-109-38-41-112-44-47-118-78-73(89-59(2)96)65(99)50-63(52-93)124-78,57-116-31-23-70(103)85-26-34-110-39-42-113-45-48-119-79-74(90-60(3)97)76(106)75(105)66(53-94)125-79)91-71(104)20-16-11-9-7-6-8-10-15-19-67(100)86-27-35-121-81(4,5)122-36-28-87-80(107)120-54-61-17-13-12-14-18-61/h12-14,17-18,62-66,72-79,92-94,98-99,105-106H,6-11,15-16,19-57H2,1-5H3,(H,83,101)(H,84,102)(H,85,103)(H,86,100)(H,87,107)(H,88,95)(H,89,96)(H,90,97)(H,91,104). The van der Waals surface area contributed by atoms with Crippen molar-refractivity contribution in [2.45, 2.75) is 229 Å². The molecular formula is C82H143N9O34. The van der Waals surface area contributed by atoms with Gasteiger partial charge >= 0.3 is 6.09 Å². The van der Waals surface area contributed by atoms with Crippen LogP contribution in [0.25, 0.3) is 0 Å². The van der Waals surface area contributed by atoms with Crippen LogP contribution >= 0.6 is 0 Å². The van der Waals surface area contributed by atoms with Crippen LogP contribution in [-0.2, 0) is 130 Å². The molecule has 43 heteroatoms. The molecule has 0 spiro atoms. The van der Waals surface area contributed by atoms with E-state index in [4.69, 9.17) is 85.3 Å². The maximum Gasteiger partial charge on any atom is 0.407 e. The van der Waals surface area contributed by atoms with Crippen LogP contribution in [-0.4, -0.2) is 385 Å². The van der Waals surface area contributed by atoms with Crippen molar-refractivity contribution in [1.82, 2.24) is 47.9 Å². The van der Waals surface area contributed by atoms with E-state index in [1.54, 1.807) is 13.8 Å². The molecule has 3 aliphatic heterocycles. The third kappa shape index (κ3) is 51.9. The molecule has 0 aliphatic carbocycles. The van der Waals surface area contributed by atoms with E-state index in [0.29, 0.717) is 25.8 Å². The van der Waals surface area contributed by atoms with Crippen molar-refractivity contribution in [2.75, 3.05) is 205 Å². The van der Waals surface area contributed by atoms with Gasteiger partial charge in [-0.05, 0) is 32.3 Å². The first kappa shape index (κ1) is 111. The fraction of sp³-hybridized carbons (Fsp3) is 0.817. The van der Waals surface area contributed by atoms with E-state index in [-0.39, 0.29) is 278 Å². The number of hydrogen-bond acceptors (Lipinski definition) is 34. The van der Waals surface area contributed by atoms with Crippen LogP contribution in [0.4, 0.5) is 4.79 Å². The van der Waals surface area contributed by atoms with Gasteiger partial charge in [0.25, 0.3) is 0 Å². The summed E-state index contributed by atoms with van der Waals surface area (Å²) in [5, 5.41) is 95.1. The maximum absolute atomic E-state index is 14.1. The summed E-state index contributed by atoms with van der Waals surface area (Å²) in [5.74, 6) is -3.76. The van der Waals surface area contributed by atoms with E-state index in [9.17, 15) is 78.9 Å². The van der Waals surface area contributed by atoms with Gasteiger partial charge in [-0.3, -0.25) is 38.4 Å². The molecule has 0 radical (unpaired) electrons. The lowest BCUT2D eigenvalue weighted by Gasteiger charge is -2.42. The van der Waals surface area contributed by atoms with Crippen LogP contribution in [0.3, 0.4) is 0 Å². The molecule has 3 saturated heterocycles. The highest BCUT2D eigenvalue weighted by Gasteiger charge is 2.46. The van der Waals surface area contributed by atoms with Gasteiger partial charge in [-0.2, -0.15) is 0 Å². The molecule has 4 rings (SSSR count). The zero-order valence-electron chi connectivity index (χ0n) is 73.3. The Bertz CT molecular complexity index is 3010. The second kappa shape index (κ2) is 67.5. The Labute approximate surface area is 731 Å². The minimum absolute atomic E-state index is 0.0335. The summed E-state index contributed by atoms with van der Waals surface area (Å²) in [6.07, 6.45) is -4.26. The van der Waals surface area contributed by atoms with E-state index in [1.807, 2.05) is 30.3 Å². The molecule has 1 aromatic rings. The molecule has 13 atom stereocenters. The molecule has 3 aliphatic rings. The summed E-state index contributed by atoms with van der Waals surface area (Å²) in [6, 6.07) is 6.55. The number of alkyl carbamates (subject to hydrolysis) is 1. The Morgan fingerprint density at radius 2 is 0.736 bits per heavy atom. The van der Waals surface area contributed by atoms with Crippen LogP contribution in [0.15, 0.2) is 30.3 Å². The number of carbonyl (C=O) groups is 9. The monoisotopic (exact) mass is 1800 g/mol. The third-order valence-electron chi connectivity index (χ3n) is 19.3. The van der Waals surface area contributed by atoms with E-state index in [1.165, 1.54) is 20.8 Å². The molecule has 720 valence electrons. The lowest BCUT2D eigenvalue weighted by atomic mass is 9.97. The molecular weight excluding hydrogens is 1650 g/mol. The molecule has 3 heterocycles. The van der Waals surface area contributed by atoms with Gasteiger partial charge in [-0.25, -0.2) is 4.79 Å². The largest absolute Gasteiger partial charge is 0.445 e. The van der Waals surface area contributed by atoms with Crippen molar-refractivity contribution in [2.24, 2.45) is 0 Å². The SMILES string of the molecule is CC(=O)NC1C(O)CC(CO)OC1OCCOCCOCCNC(=O)CCOCC(COCCC(=O)NCCOCCOCCOC1OC(CO)CC(O)C1NC(C)=O)(COCCC(=O)NCCOCCOCCOC1OC(CO)C(O)C(O)C1NC(C)=O)NC(=O)CCCCCCCCCCC(=O)NCCOC(C)(C)OCCNC(=O)OCc1ccccc1. The number of carbonyl (C=O) groups excluding carboxylic acids is 9. The summed E-state index contributed by atoms with van der Waals surface area (Å²) in [6.45, 7) is 8.35. The van der Waals surface area contributed by atoms with Gasteiger partial charge in [0.1, 0.15) is 48.6 Å². The number of hydrogen-bond donors (Lipinski definition) is 16. The molecule has 3 fully saturated rings. The minimum atomic E-state index is -1.46. The zero-order valence-corrected chi connectivity index (χ0v) is 73.3. The van der Waals surface area contributed by atoms with Crippen molar-refractivity contribution >= 4 is 53.4 Å². The number of rotatable bonds is 73. The average Bonchev–Trinajstić information content (AvgIpc) is 0.811. The van der Waals surface area contributed by atoms with Crippen LogP contribution in [0.2, 0.25) is 0 Å². The van der Waals surface area contributed by atoms with Crippen molar-refractivity contribution in [1.29, 1.82) is 0 Å². The van der Waals surface area contributed by atoms with Crippen LogP contribution in [0.1, 0.15) is 136 Å². The summed E-state index contributed by atoms with van der Waals surface area (Å²) in [5.41, 5.74) is -0.537. The van der Waals surface area contributed by atoms with Crippen LogP contribution in [0.5, 0.6) is 0 Å². The van der Waals surface area contributed by atoms with Gasteiger partial charge in [0.15, 0.2) is 24.7 Å². The predicted molar refractivity (Wildman–Crippen MR) is 442 cm³/mol. The Hall–Kier alpha value is -6.71. The zero-order chi connectivity index (χ0) is 91.1. The molecule has 1 aromatic carbocycles. The Morgan fingerprint density at radius 3 is 1.14 bits per heavy atom. The summed E-state index contributed by atoms with van der Waals surface area (Å²) in [7, 11) is 0. The van der Waals surface area contributed by atoms with Crippen LogP contribution in [0, 0.1) is 0 Å². The molecule has 0 saturated carbocycles. The fourth-order valence-corrected chi connectivity index (χ4v) is 12.8. The average molecular weight is 1800 g/mol. The highest BCUT2D eigenvalue weighted by atomic mass is 16.7. The number of unbranched alkanes of at least 4 members (excludes halogenated alkanes) is 7. The second-order valence-corrected chi connectivity index (χ2v) is 30.4. The van der Waals surface area contributed by atoms with E-state index >= 15 is 0 Å². The molecule has 0 bridgehead atoms. The Balaban J connectivity index is 1.26. The van der Waals surface area contributed by atoms with Crippen molar-refractivity contribution in [3.63, 3.8) is 0 Å². The van der Waals surface area contributed by atoms with Crippen LogP contribution < -0.4 is 47.9 Å². The molecule has 13 unspecified atom stereocenters. The van der Waals surface area contributed by atoms with Crippen molar-refractivity contribution in [3.8, 4) is 0 Å². The number of aliphatic hydroxyl groups is 7. The summed E-state index contributed by atoms with van der Waals surface area (Å²) in [4.78, 5) is 113. The third-order valence-corrected chi connectivity index (χ3v) is 19.3. The summed E-state index contributed by atoms with van der Waals surface area (Å²) < 4.78 is 103. The maximum atomic E-state index is 14.1. The van der Waals surface area contributed by atoms with E-state index < -0.39 is 110 Å². The smallest absolute Gasteiger partial charge is 0.407 e. The Morgan fingerprint density at radius 1 is 0.384 bits per heavy atom. The lowest BCUT2D eigenvalue weighted by molar-refractivity contribution is -0.272. The predicted octanol–water partition coefficient (Wildman–Crippen LogP) is -2.84. The van der Waals surface area contributed by atoms with Gasteiger partial charge in [-0.15, -0.1) is 0 Å². The molecule has 43 nitrogen and oxygen atoms in total. The Kier molecular flexibility index (Phi) is 59.7. The highest BCUT2D eigenvalue weighted by Crippen LogP contribution is 2.25. The first-order valence-electron chi connectivity index (χ1n) is 43.2. The first-order chi connectivity index (χ1) is 60.3. The van der Waals surface area contributed by atoms with Gasteiger partial charge in [0.2, 0.25) is 47.3 Å². The normalized spacial score (nSPS) is 21.8. The number of amides is 9. The van der Waals surface area contributed by atoms with E-state index in [2.05, 4.69) is 47.9 Å². The highest BCUT2D eigenvalue weighted by molar-refractivity contribution is 5.78. The number of benzene rings is 1. The van der Waals surface area contributed by atoms with Gasteiger partial charge < -0.3 is 169 Å². The van der Waals surface area contributed by atoms with Crippen molar-refractivity contribution < 1.29 is 164 Å². The fourth-order valence-electron chi connectivity index (χ4n) is 12.8. The van der Waals surface area contributed by atoms with E-state index in [0.717, 1.165) is 44.1 Å². The topological polar surface area (TPSA) is 570 Å². The van der Waals surface area contributed by atoms with Gasteiger partial charge in [0, 0.05) is 98.4 Å².